The van der Waals surface area contributed by atoms with E-state index >= 15 is 0 Å². The fraction of sp³-hybridized carbons (Fsp3) is 0.0667. The number of phenolic OH excluding ortho intramolecular Hbond substituents is 1. The normalized spacial score (nSPS) is 10.8. The third-order valence-electron chi connectivity index (χ3n) is 2.78. The van der Waals surface area contributed by atoms with E-state index in [2.05, 4.69) is 0 Å². The molecule has 3 aromatic rings. The zero-order valence-electron chi connectivity index (χ0n) is 9.97. The van der Waals surface area contributed by atoms with E-state index in [4.69, 9.17) is 20.8 Å². The molecule has 3 rings (SSSR count). The maximum Gasteiger partial charge on any atom is 0.176 e. The molecule has 96 valence electrons. The van der Waals surface area contributed by atoms with Crippen molar-refractivity contribution in [2.24, 2.45) is 0 Å². The van der Waals surface area contributed by atoms with Gasteiger partial charge in [0.25, 0.3) is 0 Å². The van der Waals surface area contributed by atoms with Crippen LogP contribution in [0.15, 0.2) is 52.9 Å². The molecule has 1 N–H and O–H groups in total. The quantitative estimate of drug-likeness (QED) is 0.771. The van der Waals surface area contributed by atoms with Crippen molar-refractivity contribution in [3.8, 4) is 11.5 Å². The molecule has 1 aromatic heterocycles. The lowest BCUT2D eigenvalue weighted by molar-refractivity contribution is 0.274. The maximum atomic E-state index is 9.66. The summed E-state index contributed by atoms with van der Waals surface area (Å²) in [4.78, 5) is 0. The molecule has 0 bridgehead atoms. The molecule has 0 aliphatic carbocycles. The van der Waals surface area contributed by atoms with Gasteiger partial charge in [-0.1, -0.05) is 35.9 Å². The Morgan fingerprint density at radius 2 is 1.95 bits per heavy atom. The van der Waals surface area contributed by atoms with Crippen molar-refractivity contribution in [3.63, 3.8) is 0 Å². The first kappa shape index (κ1) is 11.9. The second kappa shape index (κ2) is 4.86. The first-order valence-corrected chi connectivity index (χ1v) is 6.19. The third-order valence-corrected chi connectivity index (χ3v) is 3.09. The number of furan rings is 1. The number of benzene rings is 2. The highest BCUT2D eigenvalue weighted by Gasteiger charge is 2.08. The molecule has 0 aliphatic heterocycles. The lowest BCUT2D eigenvalue weighted by Gasteiger charge is -2.05. The van der Waals surface area contributed by atoms with Gasteiger partial charge in [-0.2, -0.15) is 0 Å². The molecule has 1 heterocycles. The second-order valence-corrected chi connectivity index (χ2v) is 4.53. The van der Waals surface area contributed by atoms with E-state index in [0.717, 1.165) is 5.39 Å². The molecule has 0 aliphatic rings. The van der Waals surface area contributed by atoms with Crippen molar-refractivity contribution in [1.82, 2.24) is 0 Å². The summed E-state index contributed by atoms with van der Waals surface area (Å²) in [6, 6.07) is 14.3. The van der Waals surface area contributed by atoms with Gasteiger partial charge in [0, 0.05) is 5.39 Å². The summed E-state index contributed by atoms with van der Waals surface area (Å²) in [6.07, 6.45) is 0. The minimum Gasteiger partial charge on any atom is -0.504 e. The molecule has 0 radical (unpaired) electrons. The number of para-hydroxylation sites is 2. The zero-order valence-corrected chi connectivity index (χ0v) is 10.7. The van der Waals surface area contributed by atoms with E-state index in [1.165, 1.54) is 0 Å². The lowest BCUT2D eigenvalue weighted by Crippen LogP contribution is -1.93. The van der Waals surface area contributed by atoms with Gasteiger partial charge >= 0.3 is 0 Å². The molecule has 0 amide bonds. The van der Waals surface area contributed by atoms with Crippen LogP contribution in [0.5, 0.6) is 11.5 Å². The summed E-state index contributed by atoms with van der Waals surface area (Å²) in [6.45, 7) is 0.262. The van der Waals surface area contributed by atoms with Crippen LogP contribution in [0.4, 0.5) is 0 Å². The average molecular weight is 275 g/mol. The van der Waals surface area contributed by atoms with Crippen LogP contribution in [0.2, 0.25) is 5.02 Å². The molecule has 4 heteroatoms. The van der Waals surface area contributed by atoms with Crippen molar-refractivity contribution >= 4 is 22.6 Å². The van der Waals surface area contributed by atoms with Gasteiger partial charge in [-0.05, 0) is 24.3 Å². The zero-order chi connectivity index (χ0) is 13.2. The van der Waals surface area contributed by atoms with Gasteiger partial charge in [0.2, 0.25) is 0 Å². The molecule has 3 nitrogen and oxygen atoms in total. The Hall–Kier alpha value is -2.13. The predicted molar refractivity (Wildman–Crippen MR) is 73.7 cm³/mol. The summed E-state index contributed by atoms with van der Waals surface area (Å²) in [5, 5.41) is 11.1. The summed E-state index contributed by atoms with van der Waals surface area (Å²) >= 11 is 6.00. The van der Waals surface area contributed by atoms with Crippen molar-refractivity contribution in [3.05, 3.63) is 59.3 Å². The van der Waals surface area contributed by atoms with Crippen LogP contribution in [-0.2, 0) is 6.61 Å². The third kappa shape index (κ3) is 2.37. The van der Waals surface area contributed by atoms with Gasteiger partial charge in [0.15, 0.2) is 11.3 Å². The Balaban J connectivity index is 1.83. The van der Waals surface area contributed by atoms with Crippen LogP contribution in [0, 0.1) is 0 Å². The highest BCUT2D eigenvalue weighted by atomic mass is 35.5. The van der Waals surface area contributed by atoms with Crippen LogP contribution >= 0.6 is 11.6 Å². The monoisotopic (exact) mass is 274 g/mol. The Morgan fingerprint density at radius 3 is 2.74 bits per heavy atom. The van der Waals surface area contributed by atoms with Crippen molar-refractivity contribution in [1.29, 1.82) is 0 Å². The van der Waals surface area contributed by atoms with Gasteiger partial charge in [-0.25, -0.2) is 0 Å². The lowest BCUT2D eigenvalue weighted by atomic mass is 10.2. The number of halogens is 1. The van der Waals surface area contributed by atoms with Gasteiger partial charge in [0.1, 0.15) is 18.1 Å². The molecule has 0 saturated carbocycles. The van der Waals surface area contributed by atoms with Crippen LogP contribution in [-0.4, -0.2) is 5.11 Å². The summed E-state index contributed by atoms with van der Waals surface area (Å²) in [5.74, 6) is 1.37. The van der Waals surface area contributed by atoms with Gasteiger partial charge in [0.05, 0.1) is 5.02 Å². The van der Waals surface area contributed by atoms with Crippen LogP contribution < -0.4 is 4.74 Å². The number of phenols is 1. The Morgan fingerprint density at radius 1 is 1.11 bits per heavy atom. The number of fused-ring (bicyclic) bond motifs is 1. The summed E-state index contributed by atoms with van der Waals surface area (Å²) in [7, 11) is 0. The molecule has 0 spiro atoms. The molecule has 0 fully saturated rings. The SMILES string of the molecule is Oc1cccc2cc(COc3ccccc3Cl)oc12. The first-order chi connectivity index (χ1) is 9.24. The summed E-state index contributed by atoms with van der Waals surface area (Å²) in [5.41, 5.74) is 0.472. The van der Waals surface area contributed by atoms with E-state index in [-0.39, 0.29) is 12.4 Å². The second-order valence-electron chi connectivity index (χ2n) is 4.13. The number of rotatable bonds is 3. The highest BCUT2D eigenvalue weighted by Crippen LogP contribution is 2.29. The molecule has 0 atom stereocenters. The fourth-order valence-electron chi connectivity index (χ4n) is 1.88. The molecule has 0 saturated heterocycles. The molecular weight excluding hydrogens is 264 g/mol. The molecular formula is C15H11ClO3. The first-order valence-electron chi connectivity index (χ1n) is 5.82. The number of aromatic hydroxyl groups is 1. The predicted octanol–water partition coefficient (Wildman–Crippen LogP) is 4.37. The number of ether oxygens (including phenoxy) is 1. The molecule has 0 unspecified atom stereocenters. The molecule has 19 heavy (non-hydrogen) atoms. The number of hydrogen-bond donors (Lipinski definition) is 1. The van der Waals surface area contributed by atoms with Crippen LogP contribution in [0.1, 0.15) is 5.76 Å². The topological polar surface area (TPSA) is 42.6 Å². The Kier molecular flexibility index (Phi) is 3.05. The summed E-state index contributed by atoms with van der Waals surface area (Å²) < 4.78 is 11.1. The van der Waals surface area contributed by atoms with E-state index < -0.39 is 0 Å². The van der Waals surface area contributed by atoms with E-state index in [1.807, 2.05) is 24.3 Å². The van der Waals surface area contributed by atoms with Gasteiger partial charge < -0.3 is 14.3 Å². The van der Waals surface area contributed by atoms with Crippen LogP contribution in [0.25, 0.3) is 11.0 Å². The van der Waals surface area contributed by atoms with E-state index in [9.17, 15) is 5.11 Å². The fourth-order valence-corrected chi connectivity index (χ4v) is 2.07. The van der Waals surface area contributed by atoms with Gasteiger partial charge in [-0.15, -0.1) is 0 Å². The smallest absolute Gasteiger partial charge is 0.176 e. The Labute approximate surface area is 115 Å². The highest BCUT2D eigenvalue weighted by molar-refractivity contribution is 6.32. The standard InChI is InChI=1S/C15H11ClO3/c16-12-5-1-2-7-14(12)18-9-11-8-10-4-3-6-13(17)15(10)19-11/h1-8,17H,9H2. The minimum atomic E-state index is 0.126. The number of hydrogen-bond acceptors (Lipinski definition) is 3. The van der Waals surface area contributed by atoms with Crippen LogP contribution in [0.3, 0.4) is 0 Å². The van der Waals surface area contributed by atoms with Crippen molar-refractivity contribution in [2.75, 3.05) is 0 Å². The maximum absolute atomic E-state index is 9.66. The van der Waals surface area contributed by atoms with Crippen molar-refractivity contribution in [2.45, 2.75) is 6.61 Å². The van der Waals surface area contributed by atoms with E-state index in [1.54, 1.807) is 24.3 Å². The average Bonchev–Trinajstić information content (AvgIpc) is 2.82. The van der Waals surface area contributed by atoms with E-state index in [0.29, 0.717) is 22.1 Å². The van der Waals surface area contributed by atoms with Gasteiger partial charge in [-0.3, -0.25) is 0 Å². The van der Waals surface area contributed by atoms with Crippen molar-refractivity contribution < 1.29 is 14.3 Å². The largest absolute Gasteiger partial charge is 0.504 e. The Bertz CT molecular complexity index is 718. The minimum absolute atomic E-state index is 0.126. The molecule has 2 aromatic carbocycles.